The topological polar surface area (TPSA) is 49.4 Å². The number of carbonyl (C=O) groups is 2. The van der Waals surface area contributed by atoms with Crippen molar-refractivity contribution in [1.29, 1.82) is 0 Å². The smallest absolute Gasteiger partial charge is 0.201 e. The molecule has 0 aromatic carbocycles. The SMILES string of the molecule is O=C1C=CC(=O)C(NCCCN2CCCCC2)=C1. The van der Waals surface area contributed by atoms with E-state index in [-0.39, 0.29) is 11.6 Å². The summed E-state index contributed by atoms with van der Waals surface area (Å²) in [6.45, 7) is 4.21. The summed E-state index contributed by atoms with van der Waals surface area (Å²) in [6, 6.07) is 0. The molecule has 2 rings (SSSR count). The number of likely N-dealkylation sites (tertiary alicyclic amines) is 1. The molecule has 0 saturated carbocycles. The number of nitrogens with one attached hydrogen (secondary N) is 1. The molecule has 1 N–H and O–H groups in total. The first-order valence-electron chi connectivity index (χ1n) is 6.70. The lowest BCUT2D eigenvalue weighted by molar-refractivity contribution is -0.114. The molecule has 1 aliphatic heterocycles. The zero-order valence-electron chi connectivity index (χ0n) is 10.7. The molecular weight excluding hydrogens is 228 g/mol. The highest BCUT2D eigenvalue weighted by atomic mass is 16.1. The first-order valence-corrected chi connectivity index (χ1v) is 6.70. The van der Waals surface area contributed by atoms with E-state index >= 15 is 0 Å². The van der Waals surface area contributed by atoms with E-state index in [0.717, 1.165) is 19.5 Å². The lowest BCUT2D eigenvalue weighted by Gasteiger charge is -2.26. The number of rotatable bonds is 5. The van der Waals surface area contributed by atoms with Crippen molar-refractivity contribution < 1.29 is 9.59 Å². The zero-order chi connectivity index (χ0) is 12.8. The highest BCUT2D eigenvalue weighted by molar-refractivity contribution is 6.16. The van der Waals surface area contributed by atoms with Crippen LogP contribution in [0.3, 0.4) is 0 Å². The van der Waals surface area contributed by atoms with E-state index in [0.29, 0.717) is 5.70 Å². The number of allylic oxidation sites excluding steroid dienone is 3. The normalized spacial score (nSPS) is 21.0. The van der Waals surface area contributed by atoms with Gasteiger partial charge < -0.3 is 10.2 Å². The summed E-state index contributed by atoms with van der Waals surface area (Å²) in [6.07, 6.45) is 8.97. The highest BCUT2D eigenvalue weighted by Gasteiger charge is 2.13. The molecule has 1 aliphatic carbocycles. The first kappa shape index (κ1) is 13.0. The van der Waals surface area contributed by atoms with Crippen molar-refractivity contribution in [2.24, 2.45) is 0 Å². The molecule has 1 saturated heterocycles. The van der Waals surface area contributed by atoms with Crippen LogP contribution in [0.1, 0.15) is 25.7 Å². The molecule has 0 spiro atoms. The Labute approximate surface area is 108 Å². The molecule has 0 aromatic heterocycles. The van der Waals surface area contributed by atoms with Gasteiger partial charge in [0.05, 0.1) is 5.70 Å². The van der Waals surface area contributed by atoms with E-state index in [1.165, 1.54) is 50.6 Å². The van der Waals surface area contributed by atoms with Gasteiger partial charge in [-0.25, -0.2) is 0 Å². The summed E-state index contributed by atoms with van der Waals surface area (Å²) >= 11 is 0. The van der Waals surface area contributed by atoms with Gasteiger partial charge in [-0.2, -0.15) is 0 Å². The van der Waals surface area contributed by atoms with Crippen LogP contribution in [0.25, 0.3) is 0 Å². The predicted molar refractivity (Wildman–Crippen MR) is 70.1 cm³/mol. The highest BCUT2D eigenvalue weighted by Crippen LogP contribution is 2.08. The third-order valence-corrected chi connectivity index (χ3v) is 3.37. The Bertz CT molecular complexity index is 379. The Balaban J connectivity index is 1.66. The van der Waals surface area contributed by atoms with Gasteiger partial charge in [-0.15, -0.1) is 0 Å². The van der Waals surface area contributed by atoms with E-state index in [1.54, 1.807) is 0 Å². The van der Waals surface area contributed by atoms with Crippen LogP contribution in [0.15, 0.2) is 23.9 Å². The molecule has 98 valence electrons. The molecule has 0 radical (unpaired) electrons. The van der Waals surface area contributed by atoms with E-state index < -0.39 is 0 Å². The first-order chi connectivity index (χ1) is 8.75. The summed E-state index contributed by atoms with van der Waals surface area (Å²) in [4.78, 5) is 25.1. The van der Waals surface area contributed by atoms with E-state index in [2.05, 4.69) is 10.2 Å². The van der Waals surface area contributed by atoms with Gasteiger partial charge >= 0.3 is 0 Å². The maximum Gasteiger partial charge on any atom is 0.201 e. The van der Waals surface area contributed by atoms with Crippen molar-refractivity contribution >= 4 is 11.6 Å². The van der Waals surface area contributed by atoms with Crippen molar-refractivity contribution in [2.75, 3.05) is 26.2 Å². The van der Waals surface area contributed by atoms with Crippen LogP contribution in [-0.4, -0.2) is 42.6 Å². The fourth-order valence-electron chi connectivity index (χ4n) is 2.36. The quantitative estimate of drug-likeness (QED) is 0.583. The Morgan fingerprint density at radius 3 is 2.67 bits per heavy atom. The van der Waals surface area contributed by atoms with Gasteiger partial charge in [0.25, 0.3) is 0 Å². The van der Waals surface area contributed by atoms with E-state index in [1.807, 2.05) is 0 Å². The fraction of sp³-hybridized carbons (Fsp3) is 0.571. The van der Waals surface area contributed by atoms with Crippen LogP contribution < -0.4 is 5.32 Å². The minimum Gasteiger partial charge on any atom is -0.382 e. The summed E-state index contributed by atoms with van der Waals surface area (Å²) in [5, 5.41) is 3.05. The molecule has 0 aromatic rings. The van der Waals surface area contributed by atoms with E-state index in [9.17, 15) is 9.59 Å². The Hall–Kier alpha value is -1.42. The molecule has 4 heteroatoms. The average Bonchev–Trinajstić information content (AvgIpc) is 2.40. The third kappa shape index (κ3) is 3.81. The lowest BCUT2D eigenvalue weighted by atomic mass is 10.1. The number of nitrogens with zero attached hydrogens (tertiary/aromatic N) is 1. The molecule has 1 fully saturated rings. The minimum atomic E-state index is -0.117. The summed E-state index contributed by atoms with van der Waals surface area (Å²) in [5.74, 6) is -0.222. The second-order valence-corrected chi connectivity index (χ2v) is 4.84. The molecule has 0 amide bonds. The van der Waals surface area contributed by atoms with Crippen molar-refractivity contribution in [2.45, 2.75) is 25.7 Å². The number of hydrogen-bond acceptors (Lipinski definition) is 4. The van der Waals surface area contributed by atoms with Gasteiger partial charge in [-0.3, -0.25) is 9.59 Å². The van der Waals surface area contributed by atoms with Crippen LogP contribution in [0, 0.1) is 0 Å². The number of piperidine rings is 1. The van der Waals surface area contributed by atoms with Crippen LogP contribution in [-0.2, 0) is 9.59 Å². The summed E-state index contributed by atoms with van der Waals surface area (Å²) in [7, 11) is 0. The molecule has 1 heterocycles. The number of hydrogen-bond donors (Lipinski definition) is 1. The van der Waals surface area contributed by atoms with Crippen molar-refractivity contribution in [3.8, 4) is 0 Å². The van der Waals surface area contributed by atoms with Crippen LogP contribution in [0.5, 0.6) is 0 Å². The van der Waals surface area contributed by atoms with Crippen molar-refractivity contribution in [3.05, 3.63) is 23.9 Å². The van der Waals surface area contributed by atoms with Crippen LogP contribution in [0.2, 0.25) is 0 Å². The molecule has 0 bridgehead atoms. The summed E-state index contributed by atoms with van der Waals surface area (Å²) in [5.41, 5.74) is 0.432. The molecule has 18 heavy (non-hydrogen) atoms. The Morgan fingerprint density at radius 2 is 1.89 bits per heavy atom. The van der Waals surface area contributed by atoms with Gasteiger partial charge in [0.15, 0.2) is 5.78 Å². The molecule has 0 unspecified atom stereocenters. The van der Waals surface area contributed by atoms with Crippen LogP contribution >= 0.6 is 0 Å². The van der Waals surface area contributed by atoms with Gasteiger partial charge in [-0.05, 0) is 51.0 Å². The fourth-order valence-corrected chi connectivity index (χ4v) is 2.36. The second kappa shape index (κ2) is 6.50. The van der Waals surface area contributed by atoms with E-state index in [4.69, 9.17) is 0 Å². The molecule has 0 atom stereocenters. The zero-order valence-corrected chi connectivity index (χ0v) is 10.7. The number of carbonyl (C=O) groups excluding carboxylic acids is 2. The number of ketones is 2. The average molecular weight is 248 g/mol. The maximum absolute atomic E-state index is 11.5. The standard InChI is InChI=1S/C14H20N2O2/c17-12-5-6-14(18)13(11-12)15-7-4-10-16-8-2-1-3-9-16/h5-6,11,15H,1-4,7-10H2. The molecular formula is C14H20N2O2. The van der Waals surface area contributed by atoms with Gasteiger partial charge in [0, 0.05) is 12.6 Å². The Morgan fingerprint density at radius 1 is 1.11 bits per heavy atom. The molecule has 4 nitrogen and oxygen atoms in total. The van der Waals surface area contributed by atoms with Crippen molar-refractivity contribution in [1.82, 2.24) is 10.2 Å². The largest absolute Gasteiger partial charge is 0.382 e. The van der Waals surface area contributed by atoms with Gasteiger partial charge in [-0.1, -0.05) is 6.42 Å². The van der Waals surface area contributed by atoms with Gasteiger partial charge in [0.1, 0.15) is 0 Å². The third-order valence-electron chi connectivity index (χ3n) is 3.37. The van der Waals surface area contributed by atoms with Crippen LogP contribution in [0.4, 0.5) is 0 Å². The Kier molecular flexibility index (Phi) is 4.70. The van der Waals surface area contributed by atoms with Crippen molar-refractivity contribution in [3.63, 3.8) is 0 Å². The monoisotopic (exact) mass is 248 g/mol. The predicted octanol–water partition coefficient (Wildman–Crippen LogP) is 1.04. The van der Waals surface area contributed by atoms with Gasteiger partial charge in [0.2, 0.25) is 5.78 Å². The lowest BCUT2D eigenvalue weighted by Crippen LogP contribution is -2.32. The summed E-state index contributed by atoms with van der Waals surface area (Å²) < 4.78 is 0. The minimum absolute atomic E-state index is 0.104. The maximum atomic E-state index is 11.5. The molecule has 2 aliphatic rings. The second-order valence-electron chi connectivity index (χ2n) is 4.84.